The Morgan fingerprint density at radius 3 is 1.13 bits per heavy atom. The van der Waals surface area contributed by atoms with Crippen LogP contribution >= 0.6 is 68.8 Å². The number of hydrogen-bond acceptors (Lipinski definition) is 16. The normalized spacial score (nSPS) is 12.3. The second-order valence-corrected chi connectivity index (χ2v) is 25.3. The first-order valence-electron chi connectivity index (χ1n) is 24.0. The number of carbonyl (C=O) groups excluding carboxylic acids is 2. The van der Waals surface area contributed by atoms with Crippen molar-refractivity contribution in [3.8, 4) is 62.6 Å². The molecule has 374 valence electrons. The summed E-state index contributed by atoms with van der Waals surface area (Å²) in [6.07, 6.45) is -1.48. The maximum absolute atomic E-state index is 15.2. The Labute approximate surface area is 457 Å². The minimum atomic E-state index is -0.919. The Hall–Kier alpha value is -7.58. The molecule has 0 unspecified atom stereocenters. The van der Waals surface area contributed by atoms with Gasteiger partial charge in [0.1, 0.15) is 33.3 Å². The predicted octanol–water partition coefficient (Wildman–Crippen LogP) is 16.4. The summed E-state index contributed by atoms with van der Waals surface area (Å²) in [4.78, 5) is 65.4. The molecule has 0 aliphatic heterocycles. The van der Waals surface area contributed by atoms with E-state index in [0.717, 1.165) is 84.7 Å². The lowest BCUT2D eigenvalue weighted by Crippen LogP contribution is -2.29. The van der Waals surface area contributed by atoms with Crippen LogP contribution in [0.2, 0.25) is 0 Å². The van der Waals surface area contributed by atoms with Gasteiger partial charge >= 0.3 is 12.2 Å². The summed E-state index contributed by atoms with van der Waals surface area (Å²) in [7, 11) is 0. The molecule has 18 heteroatoms. The van der Waals surface area contributed by atoms with Gasteiger partial charge in [-0.2, -0.15) is 17.5 Å². The predicted molar refractivity (Wildman–Crippen MR) is 314 cm³/mol. The van der Waals surface area contributed by atoms with Gasteiger partial charge in [0.15, 0.2) is 10.9 Å². The second kappa shape index (κ2) is 18.0. The summed E-state index contributed by atoms with van der Waals surface area (Å²) in [5.41, 5.74) is 7.07. The Morgan fingerprint density at radius 1 is 0.421 bits per heavy atom. The molecule has 0 bridgehead atoms. The largest absolute Gasteiger partial charge is 0.443 e. The fourth-order valence-corrected chi connectivity index (χ4v) is 14.4. The van der Waals surface area contributed by atoms with Gasteiger partial charge in [-0.05, 0) is 136 Å². The number of ether oxygens (including phenoxy) is 2. The van der Waals surface area contributed by atoms with Crippen molar-refractivity contribution >= 4 is 147 Å². The van der Waals surface area contributed by atoms with Gasteiger partial charge in [-0.3, -0.25) is 9.59 Å². The van der Waals surface area contributed by atoms with Crippen LogP contribution in [0, 0.1) is 0 Å². The number of aromatic nitrogens is 6. The summed E-state index contributed by atoms with van der Waals surface area (Å²) < 4.78 is 33.5. The zero-order valence-electron chi connectivity index (χ0n) is 41.3. The number of thiophene rings is 4. The molecule has 8 heterocycles. The van der Waals surface area contributed by atoms with E-state index in [1.807, 2.05) is 59.3 Å². The molecule has 13 rings (SSSR count). The molecule has 0 radical (unpaired) electrons. The molecule has 8 aromatic heterocycles. The maximum Gasteiger partial charge on any atom is 0.419 e. The van der Waals surface area contributed by atoms with Gasteiger partial charge in [0.2, 0.25) is 0 Å². The third kappa shape index (κ3) is 8.18. The molecule has 0 aliphatic carbocycles. The molecule has 0 aliphatic rings. The third-order valence-corrected chi connectivity index (χ3v) is 18.1. The molecule has 5 aromatic carbocycles. The molecule has 13 aromatic rings. The van der Waals surface area contributed by atoms with Crippen LogP contribution in [0.25, 0.3) is 128 Å². The number of hydrogen-bond donors (Lipinski definition) is 0. The third-order valence-electron chi connectivity index (χ3n) is 12.9. The van der Waals surface area contributed by atoms with E-state index < -0.39 is 34.2 Å². The standard InChI is InChI=1S/C58H40N6O6S6/c1-57(2,3)69-55(67)63-39-17-11-29(43-19-21-47(73-43)33-15-13-31(45-9-7-23-71-45)49-51(33)61-75-59-49)25-35(39)53(65)37-28-42-38(27-41(37)63)54(66)36-26-30(12-18-40(36)64(42)56(68)70-58(4,5)6)44-20-22-48(74-44)34-16-14-32(46-10-8-24-72-46)50-52(34)62-76-60-50/h7-28H,1-6H3. The topological polar surface area (TPSA) is 148 Å². The average Bonchev–Trinajstić information content (AvgIpc) is 4.37. The van der Waals surface area contributed by atoms with E-state index in [1.165, 1.54) is 44.7 Å². The number of benzene rings is 5. The monoisotopic (exact) mass is 1110 g/mol. The summed E-state index contributed by atoms with van der Waals surface area (Å²) in [6.45, 7) is 10.6. The van der Waals surface area contributed by atoms with Crippen molar-refractivity contribution in [2.75, 3.05) is 0 Å². The summed E-state index contributed by atoms with van der Waals surface area (Å²) >= 11 is 8.79. The second-order valence-electron chi connectivity index (χ2n) is 20.2. The van der Waals surface area contributed by atoms with Crippen molar-refractivity contribution in [2.24, 2.45) is 0 Å². The van der Waals surface area contributed by atoms with Crippen molar-refractivity contribution in [1.29, 1.82) is 0 Å². The molecule has 0 N–H and O–H groups in total. The quantitative estimate of drug-likeness (QED) is 0.147. The van der Waals surface area contributed by atoms with Crippen molar-refractivity contribution in [3.05, 3.63) is 153 Å². The Balaban J connectivity index is 0.968. The maximum atomic E-state index is 15.2. The van der Waals surface area contributed by atoms with E-state index in [2.05, 4.69) is 45.1 Å². The molecule has 0 spiro atoms. The van der Waals surface area contributed by atoms with Gasteiger partial charge in [-0.15, -0.1) is 45.3 Å². The minimum absolute atomic E-state index is 0.103. The van der Waals surface area contributed by atoms with Crippen molar-refractivity contribution in [3.63, 3.8) is 0 Å². The van der Waals surface area contributed by atoms with Crippen LogP contribution in [0.4, 0.5) is 9.59 Å². The van der Waals surface area contributed by atoms with E-state index in [9.17, 15) is 9.59 Å². The first kappa shape index (κ1) is 48.1. The van der Waals surface area contributed by atoms with Gasteiger partial charge in [0, 0.05) is 73.1 Å². The highest BCUT2D eigenvalue weighted by Gasteiger charge is 2.28. The van der Waals surface area contributed by atoms with E-state index in [1.54, 1.807) is 111 Å². The molecule has 76 heavy (non-hydrogen) atoms. The van der Waals surface area contributed by atoms with Gasteiger partial charge < -0.3 is 9.47 Å². The van der Waals surface area contributed by atoms with Crippen molar-refractivity contribution < 1.29 is 19.1 Å². The van der Waals surface area contributed by atoms with Crippen LogP contribution in [0.5, 0.6) is 0 Å². The molecule has 0 saturated carbocycles. The molecule has 0 fully saturated rings. The van der Waals surface area contributed by atoms with Gasteiger partial charge in [0.25, 0.3) is 0 Å². The van der Waals surface area contributed by atoms with Crippen molar-refractivity contribution in [1.82, 2.24) is 26.6 Å². The fourth-order valence-electron chi connectivity index (χ4n) is 9.67. The number of nitrogens with zero attached hydrogens (tertiary/aromatic N) is 6. The Kier molecular flexibility index (Phi) is 11.4. The molecular weight excluding hydrogens is 1070 g/mol. The highest BCUT2D eigenvalue weighted by Crippen LogP contribution is 2.44. The highest BCUT2D eigenvalue weighted by atomic mass is 32.1. The SMILES string of the molecule is CC(C)(C)OC(=O)n1c2ccc(-c3ccc(-c4ccc(-c5cccs5)c5nsnc45)s3)cc2c(=O)c2cc3c(cc21)c(=O)c1cc(-c2ccc(-c4ccc(-c5cccs5)c5nsnc45)s2)ccc1n3C(=O)OC(C)(C)C. The fraction of sp³-hybridized carbons (Fsp3) is 0.138. The molecular formula is C58H40N6O6S6. The number of rotatable bonds is 6. The number of fused-ring (bicyclic) bond motifs is 6. The van der Waals surface area contributed by atoms with E-state index >= 15 is 9.59 Å². The highest BCUT2D eigenvalue weighted by molar-refractivity contribution is 7.19. The number of carbonyl (C=O) groups is 2. The van der Waals surface area contributed by atoms with E-state index in [0.29, 0.717) is 11.0 Å². The van der Waals surface area contributed by atoms with E-state index in [-0.39, 0.29) is 32.6 Å². The smallest absolute Gasteiger partial charge is 0.419 e. The Morgan fingerprint density at radius 2 is 0.776 bits per heavy atom. The lowest BCUT2D eigenvalue weighted by Gasteiger charge is -2.23. The molecule has 12 nitrogen and oxygen atoms in total. The average molecular weight is 1110 g/mol. The molecule has 0 atom stereocenters. The van der Waals surface area contributed by atoms with Crippen LogP contribution in [-0.4, -0.2) is 50.0 Å². The first-order chi connectivity index (χ1) is 36.6. The van der Waals surface area contributed by atoms with Crippen molar-refractivity contribution in [2.45, 2.75) is 52.7 Å². The van der Waals surface area contributed by atoms with E-state index in [4.69, 9.17) is 18.2 Å². The first-order valence-corrected chi connectivity index (χ1v) is 28.8. The van der Waals surface area contributed by atoms with Gasteiger partial charge in [-0.25, -0.2) is 18.7 Å². The summed E-state index contributed by atoms with van der Waals surface area (Å²) in [5, 5.41) is 4.78. The number of pyridine rings is 2. The van der Waals surface area contributed by atoms with Crippen LogP contribution in [-0.2, 0) is 9.47 Å². The van der Waals surface area contributed by atoms with Crippen LogP contribution in [0.15, 0.2) is 142 Å². The van der Waals surface area contributed by atoms with Crippen LogP contribution in [0.3, 0.4) is 0 Å². The summed E-state index contributed by atoms with van der Waals surface area (Å²) in [6, 6.07) is 38.5. The van der Waals surface area contributed by atoms with Crippen LogP contribution < -0.4 is 10.9 Å². The lowest BCUT2D eigenvalue weighted by atomic mass is 10.0. The Bertz CT molecular complexity index is 4360. The minimum Gasteiger partial charge on any atom is -0.443 e. The van der Waals surface area contributed by atoms with Gasteiger partial charge in [-0.1, -0.05) is 48.5 Å². The molecule has 0 amide bonds. The zero-order valence-corrected chi connectivity index (χ0v) is 46.2. The zero-order chi connectivity index (χ0) is 52.4. The molecule has 0 saturated heterocycles. The van der Waals surface area contributed by atoms with Crippen LogP contribution in [0.1, 0.15) is 41.5 Å². The summed E-state index contributed by atoms with van der Waals surface area (Å²) in [5.74, 6) is 0. The van der Waals surface area contributed by atoms with Gasteiger partial charge in [0.05, 0.1) is 45.5 Å². The lowest BCUT2D eigenvalue weighted by molar-refractivity contribution is 0.0538.